The Morgan fingerprint density at radius 3 is 0.944 bits per heavy atom. The van der Waals surface area contributed by atoms with Gasteiger partial charge in [0.15, 0.2) is 0 Å². The van der Waals surface area contributed by atoms with Gasteiger partial charge in [-0.15, -0.1) is 0 Å². The molecule has 0 aromatic carbocycles. The van der Waals surface area contributed by atoms with E-state index in [1.165, 1.54) is 0 Å². The molecule has 18 heavy (non-hydrogen) atoms. The first-order valence-electron chi connectivity index (χ1n) is 6.43. The molecule has 0 amide bonds. The van der Waals surface area contributed by atoms with E-state index < -0.39 is 11.1 Å². The fourth-order valence-corrected chi connectivity index (χ4v) is 2.95. The summed E-state index contributed by atoms with van der Waals surface area (Å²) < 4.78 is 0. The molecule has 0 aliphatic heterocycles. The molecule has 0 spiro atoms. The van der Waals surface area contributed by atoms with Crippen LogP contribution in [0, 0.1) is 0 Å². The van der Waals surface area contributed by atoms with Crippen molar-refractivity contribution in [1.29, 1.82) is 0 Å². The van der Waals surface area contributed by atoms with Crippen LogP contribution in [0.25, 0.3) is 0 Å². The van der Waals surface area contributed by atoms with Crippen LogP contribution < -0.4 is 10.6 Å². The van der Waals surface area contributed by atoms with Crippen molar-refractivity contribution in [2.24, 2.45) is 0 Å². The molecule has 0 bridgehead atoms. The maximum atomic E-state index is 9.28. The zero-order chi connectivity index (χ0) is 14.1. The first-order valence-corrected chi connectivity index (χ1v) is 6.43. The van der Waals surface area contributed by atoms with Crippen LogP contribution in [0.15, 0.2) is 0 Å². The van der Waals surface area contributed by atoms with Crippen molar-refractivity contribution in [3.63, 3.8) is 0 Å². The van der Waals surface area contributed by atoms with Gasteiger partial charge in [0, 0.05) is 37.5 Å². The molecule has 0 fully saturated rings. The molecule has 0 aromatic rings. The molecule has 6 N–H and O–H groups in total. The van der Waals surface area contributed by atoms with Crippen molar-refractivity contribution < 1.29 is 20.4 Å². The van der Waals surface area contributed by atoms with Crippen LogP contribution >= 0.6 is 0 Å². The first-order chi connectivity index (χ1) is 8.61. The number of hydrogen-bond donors (Lipinski definition) is 6. The minimum Gasteiger partial charge on any atom is -0.396 e. The summed E-state index contributed by atoms with van der Waals surface area (Å²) in [6, 6.07) is 0. The summed E-state index contributed by atoms with van der Waals surface area (Å²) in [7, 11) is 3.54. The third kappa shape index (κ3) is 3.63. The second-order valence-electron chi connectivity index (χ2n) is 4.56. The Labute approximate surface area is 109 Å². The van der Waals surface area contributed by atoms with Gasteiger partial charge in [0.05, 0.1) is 0 Å². The van der Waals surface area contributed by atoms with E-state index >= 15 is 0 Å². The summed E-state index contributed by atoms with van der Waals surface area (Å²) >= 11 is 0. The van der Waals surface area contributed by atoms with Crippen LogP contribution in [0.5, 0.6) is 0 Å². The Bertz CT molecular complexity index is 180. The van der Waals surface area contributed by atoms with Crippen molar-refractivity contribution in [1.82, 2.24) is 10.6 Å². The molecule has 110 valence electrons. The lowest BCUT2D eigenvalue weighted by atomic mass is 9.68. The second-order valence-corrected chi connectivity index (χ2v) is 4.56. The van der Waals surface area contributed by atoms with Crippen LogP contribution in [-0.4, -0.2) is 72.0 Å². The van der Waals surface area contributed by atoms with E-state index in [0.717, 1.165) is 0 Å². The van der Waals surface area contributed by atoms with Gasteiger partial charge in [0.2, 0.25) is 0 Å². The third-order valence-electron chi connectivity index (χ3n) is 4.03. The second kappa shape index (κ2) is 8.79. The minimum atomic E-state index is -0.573. The Morgan fingerprint density at radius 1 is 0.611 bits per heavy atom. The number of hydrogen-bond acceptors (Lipinski definition) is 6. The molecule has 0 saturated heterocycles. The number of aliphatic hydroxyl groups is 4. The fourth-order valence-electron chi connectivity index (χ4n) is 2.95. The third-order valence-corrected chi connectivity index (χ3v) is 4.03. The molecule has 0 heterocycles. The van der Waals surface area contributed by atoms with E-state index in [1.54, 1.807) is 14.1 Å². The molecule has 0 aromatic heterocycles. The zero-order valence-electron chi connectivity index (χ0n) is 11.4. The van der Waals surface area contributed by atoms with Crippen molar-refractivity contribution >= 4 is 0 Å². The van der Waals surface area contributed by atoms with Gasteiger partial charge in [0.1, 0.15) is 0 Å². The molecule has 0 aliphatic carbocycles. The molecule has 0 rings (SSSR count). The normalized spacial score (nSPS) is 13.0. The highest BCUT2D eigenvalue weighted by Gasteiger charge is 2.47. The molecule has 0 atom stereocenters. The lowest BCUT2D eigenvalue weighted by molar-refractivity contribution is 0.0386. The van der Waals surface area contributed by atoms with Crippen LogP contribution in [0.4, 0.5) is 0 Å². The quantitative estimate of drug-likeness (QED) is 0.269. The van der Waals surface area contributed by atoms with Gasteiger partial charge in [-0.1, -0.05) is 0 Å². The lowest BCUT2D eigenvalue weighted by Gasteiger charge is -2.51. The standard InChI is InChI=1S/C12H28N2O4/c1-13-11(3-7-15,4-8-16)12(14-2,5-9-17)6-10-18/h13-18H,3-10H2,1-2H3. The van der Waals surface area contributed by atoms with Crippen molar-refractivity contribution in [3.8, 4) is 0 Å². The average Bonchev–Trinajstić information content (AvgIpc) is 2.37. The van der Waals surface area contributed by atoms with E-state index in [-0.39, 0.29) is 26.4 Å². The van der Waals surface area contributed by atoms with Crippen LogP contribution in [0.3, 0.4) is 0 Å². The van der Waals surface area contributed by atoms with Gasteiger partial charge in [-0.05, 0) is 39.8 Å². The molecule has 0 unspecified atom stereocenters. The summed E-state index contributed by atoms with van der Waals surface area (Å²) in [5.74, 6) is 0. The highest BCUT2D eigenvalue weighted by atomic mass is 16.3. The van der Waals surface area contributed by atoms with Crippen LogP contribution in [0.2, 0.25) is 0 Å². The predicted molar refractivity (Wildman–Crippen MR) is 70.4 cm³/mol. The summed E-state index contributed by atoms with van der Waals surface area (Å²) in [5.41, 5.74) is -1.15. The average molecular weight is 264 g/mol. The largest absolute Gasteiger partial charge is 0.396 e. The lowest BCUT2D eigenvalue weighted by Crippen LogP contribution is -2.69. The number of nitrogens with one attached hydrogen (secondary N) is 2. The Kier molecular flexibility index (Phi) is 8.67. The Morgan fingerprint density at radius 2 is 0.833 bits per heavy atom. The van der Waals surface area contributed by atoms with Gasteiger partial charge in [-0.3, -0.25) is 0 Å². The van der Waals surface area contributed by atoms with Gasteiger partial charge >= 0.3 is 0 Å². The van der Waals surface area contributed by atoms with E-state index in [4.69, 9.17) is 0 Å². The summed E-state index contributed by atoms with van der Waals surface area (Å²) in [4.78, 5) is 0. The van der Waals surface area contributed by atoms with Gasteiger partial charge in [0.25, 0.3) is 0 Å². The predicted octanol–water partition coefficient (Wildman–Crippen LogP) is -1.57. The Balaban J connectivity index is 5.39. The van der Waals surface area contributed by atoms with Crippen LogP contribution in [-0.2, 0) is 0 Å². The maximum absolute atomic E-state index is 9.28. The molecule has 6 heteroatoms. The summed E-state index contributed by atoms with van der Waals surface area (Å²) in [6.45, 7) is -0.107. The highest BCUT2D eigenvalue weighted by Crippen LogP contribution is 2.34. The SMILES string of the molecule is CNC(CCO)(CCO)C(CCO)(CCO)NC. The van der Waals surface area contributed by atoms with Gasteiger partial charge in [-0.25, -0.2) is 0 Å². The van der Waals surface area contributed by atoms with Crippen molar-refractivity contribution in [2.75, 3.05) is 40.5 Å². The van der Waals surface area contributed by atoms with Crippen LogP contribution in [0.1, 0.15) is 25.7 Å². The number of rotatable bonds is 11. The van der Waals surface area contributed by atoms with Gasteiger partial charge < -0.3 is 31.1 Å². The maximum Gasteiger partial charge on any atom is 0.0449 e. The van der Waals surface area contributed by atoms with Crippen molar-refractivity contribution in [2.45, 2.75) is 36.8 Å². The molecule has 6 nitrogen and oxygen atoms in total. The highest BCUT2D eigenvalue weighted by molar-refractivity contribution is 5.09. The topological polar surface area (TPSA) is 105 Å². The van der Waals surface area contributed by atoms with E-state index in [0.29, 0.717) is 25.7 Å². The molecule has 0 saturated carbocycles. The van der Waals surface area contributed by atoms with Crippen molar-refractivity contribution in [3.05, 3.63) is 0 Å². The summed E-state index contributed by atoms with van der Waals surface area (Å²) in [5, 5.41) is 43.5. The van der Waals surface area contributed by atoms with E-state index in [2.05, 4.69) is 10.6 Å². The fraction of sp³-hybridized carbons (Fsp3) is 1.00. The smallest absolute Gasteiger partial charge is 0.0449 e. The van der Waals surface area contributed by atoms with E-state index in [1.807, 2.05) is 0 Å². The number of aliphatic hydroxyl groups excluding tert-OH is 4. The minimum absolute atomic E-state index is 0.0267. The first kappa shape index (κ1) is 17.8. The van der Waals surface area contributed by atoms with Gasteiger partial charge in [-0.2, -0.15) is 0 Å². The molecular formula is C12H28N2O4. The molecule has 0 radical (unpaired) electrons. The molecular weight excluding hydrogens is 236 g/mol. The number of likely N-dealkylation sites (N-methyl/N-ethyl adjacent to an activating group) is 2. The molecule has 0 aliphatic rings. The monoisotopic (exact) mass is 264 g/mol. The Hall–Kier alpha value is -0.240. The zero-order valence-corrected chi connectivity index (χ0v) is 11.4. The summed E-state index contributed by atoms with van der Waals surface area (Å²) in [6.07, 6.45) is 1.74. The van der Waals surface area contributed by atoms with E-state index in [9.17, 15) is 20.4 Å².